The fourth-order valence-electron chi connectivity index (χ4n) is 4.30. The van der Waals surface area contributed by atoms with Crippen LogP contribution in [0, 0.1) is 6.92 Å². The van der Waals surface area contributed by atoms with Crippen LogP contribution in [-0.2, 0) is 19.6 Å². The number of anilines is 1. The number of rotatable bonds is 7. The van der Waals surface area contributed by atoms with Crippen molar-refractivity contribution in [2.45, 2.75) is 31.1 Å². The first-order valence-electron chi connectivity index (χ1n) is 12.1. The van der Waals surface area contributed by atoms with Crippen molar-refractivity contribution < 1.29 is 22.7 Å². The van der Waals surface area contributed by atoms with Crippen molar-refractivity contribution in [1.82, 2.24) is 14.1 Å². The van der Waals surface area contributed by atoms with Crippen LogP contribution in [0.3, 0.4) is 0 Å². The summed E-state index contributed by atoms with van der Waals surface area (Å²) in [6.45, 7) is 2.39. The highest BCUT2D eigenvalue weighted by Gasteiger charge is 2.26. The number of amides is 1. The number of esters is 1. The fraction of sp³-hybridized carbons (Fsp3) is 0.269. The molecule has 5 rings (SSSR count). The lowest BCUT2D eigenvalue weighted by Gasteiger charge is -2.25. The number of hydrogen-bond donors (Lipinski definition) is 1. The molecule has 198 valence electrons. The van der Waals surface area contributed by atoms with Gasteiger partial charge in [-0.2, -0.15) is 9.40 Å². The minimum Gasteiger partial charge on any atom is -0.451 e. The van der Waals surface area contributed by atoms with Crippen LogP contribution in [-0.4, -0.2) is 54.1 Å². The van der Waals surface area contributed by atoms with Crippen LogP contribution in [0.5, 0.6) is 0 Å². The van der Waals surface area contributed by atoms with Crippen LogP contribution in [0.2, 0.25) is 5.02 Å². The van der Waals surface area contributed by atoms with Crippen LogP contribution in [0.1, 0.15) is 34.6 Å². The maximum Gasteiger partial charge on any atom is 0.348 e. The maximum atomic E-state index is 12.8. The van der Waals surface area contributed by atoms with Crippen molar-refractivity contribution in [2.75, 3.05) is 25.0 Å². The number of nitrogens with zero attached hydrogens (tertiary/aromatic N) is 3. The standard InChI is InChI=1S/C26H25ClN4O5S2/c1-17-20-15-23(37-25(20)31(29-17)22-8-4-3-7-21(22)27)26(33)36-16-24(32)28-18-9-11-19(12-10-18)38(34,35)30-13-5-2-6-14-30/h3-4,7-12,15H,2,5-6,13-14,16H2,1H3,(H,28,32). The average Bonchev–Trinajstić information content (AvgIpc) is 3.49. The number of aryl methyl sites for hydroxylation is 1. The van der Waals surface area contributed by atoms with Gasteiger partial charge >= 0.3 is 5.97 Å². The molecule has 3 heterocycles. The molecule has 0 unspecified atom stereocenters. The van der Waals surface area contributed by atoms with Crippen molar-refractivity contribution in [3.05, 3.63) is 70.2 Å². The zero-order valence-electron chi connectivity index (χ0n) is 20.5. The number of sulfonamides is 1. The molecule has 0 atom stereocenters. The van der Waals surface area contributed by atoms with Gasteiger partial charge in [0, 0.05) is 24.2 Å². The van der Waals surface area contributed by atoms with Crippen molar-refractivity contribution in [2.24, 2.45) is 0 Å². The van der Waals surface area contributed by atoms with Crippen LogP contribution in [0.15, 0.2) is 59.5 Å². The Hall–Kier alpha value is -3.25. The number of aromatic nitrogens is 2. The van der Waals surface area contributed by atoms with Gasteiger partial charge in [0.1, 0.15) is 9.71 Å². The molecule has 0 spiro atoms. The second kappa shape index (κ2) is 10.9. The summed E-state index contributed by atoms with van der Waals surface area (Å²) < 4.78 is 34.0. The van der Waals surface area contributed by atoms with E-state index in [2.05, 4.69) is 10.4 Å². The van der Waals surface area contributed by atoms with Gasteiger partial charge in [-0.1, -0.05) is 30.2 Å². The molecular formula is C26H25ClN4O5S2. The average molecular weight is 573 g/mol. The molecule has 4 aromatic rings. The number of thiophene rings is 1. The van der Waals surface area contributed by atoms with E-state index in [0.29, 0.717) is 34.4 Å². The van der Waals surface area contributed by atoms with E-state index >= 15 is 0 Å². The van der Waals surface area contributed by atoms with Crippen molar-refractivity contribution >= 4 is 60.7 Å². The summed E-state index contributed by atoms with van der Waals surface area (Å²) in [6, 6.07) is 14.9. The first-order valence-corrected chi connectivity index (χ1v) is 14.7. The number of carbonyl (C=O) groups excluding carboxylic acids is 2. The molecule has 0 saturated carbocycles. The third-order valence-corrected chi connectivity index (χ3v) is 9.57. The number of fused-ring (bicyclic) bond motifs is 1. The summed E-state index contributed by atoms with van der Waals surface area (Å²) in [5.41, 5.74) is 1.84. The first kappa shape index (κ1) is 26.4. The van der Waals surface area contributed by atoms with Crippen LogP contribution in [0.4, 0.5) is 5.69 Å². The second-order valence-corrected chi connectivity index (χ2v) is 12.3. The van der Waals surface area contributed by atoms with E-state index in [4.69, 9.17) is 16.3 Å². The molecule has 1 amide bonds. The maximum absolute atomic E-state index is 12.8. The third-order valence-electron chi connectivity index (χ3n) is 6.25. The van der Waals surface area contributed by atoms with Gasteiger partial charge in [-0.05, 0) is 62.2 Å². The molecule has 1 N–H and O–H groups in total. The summed E-state index contributed by atoms with van der Waals surface area (Å²) in [5, 5.41) is 8.49. The van der Waals surface area contributed by atoms with E-state index in [1.807, 2.05) is 25.1 Å². The van der Waals surface area contributed by atoms with Crippen LogP contribution in [0.25, 0.3) is 15.9 Å². The predicted octanol–water partition coefficient (Wildman–Crippen LogP) is 5.02. The minimum absolute atomic E-state index is 0.180. The van der Waals surface area contributed by atoms with E-state index in [0.717, 1.165) is 35.2 Å². The SMILES string of the molecule is Cc1nn(-c2ccccc2Cl)c2sc(C(=O)OCC(=O)Nc3ccc(S(=O)(=O)N4CCCCC4)cc3)cc12. The summed E-state index contributed by atoms with van der Waals surface area (Å²) in [4.78, 5) is 26.3. The second-order valence-electron chi connectivity index (χ2n) is 8.89. The Kier molecular flexibility index (Phi) is 7.53. The van der Waals surface area contributed by atoms with Gasteiger partial charge in [-0.15, -0.1) is 11.3 Å². The Bertz CT molecular complexity index is 1610. The van der Waals surface area contributed by atoms with E-state index in [-0.39, 0.29) is 4.90 Å². The molecule has 38 heavy (non-hydrogen) atoms. The molecule has 0 aliphatic carbocycles. The molecule has 2 aromatic heterocycles. The summed E-state index contributed by atoms with van der Waals surface area (Å²) in [7, 11) is -3.55. The third kappa shape index (κ3) is 5.32. The highest BCUT2D eigenvalue weighted by Crippen LogP contribution is 2.32. The lowest BCUT2D eigenvalue weighted by atomic mass is 10.2. The van der Waals surface area contributed by atoms with Crippen LogP contribution < -0.4 is 5.32 Å². The summed E-state index contributed by atoms with van der Waals surface area (Å²) in [5.74, 6) is -1.17. The van der Waals surface area contributed by atoms with Gasteiger partial charge in [-0.3, -0.25) is 4.79 Å². The fourth-order valence-corrected chi connectivity index (χ4v) is 7.10. The van der Waals surface area contributed by atoms with Gasteiger partial charge in [0.05, 0.1) is 21.3 Å². The van der Waals surface area contributed by atoms with E-state index in [1.165, 1.54) is 39.9 Å². The van der Waals surface area contributed by atoms with Crippen molar-refractivity contribution in [3.8, 4) is 5.69 Å². The number of benzene rings is 2. The zero-order valence-corrected chi connectivity index (χ0v) is 22.9. The Balaban J connectivity index is 1.21. The number of halogens is 1. The Morgan fingerprint density at radius 2 is 1.79 bits per heavy atom. The van der Waals surface area contributed by atoms with Gasteiger partial charge < -0.3 is 10.1 Å². The van der Waals surface area contributed by atoms with Gasteiger partial charge in [0.2, 0.25) is 10.0 Å². The lowest BCUT2D eigenvalue weighted by Crippen LogP contribution is -2.35. The highest BCUT2D eigenvalue weighted by molar-refractivity contribution is 7.89. The molecule has 1 saturated heterocycles. The molecule has 0 bridgehead atoms. The van der Waals surface area contributed by atoms with Crippen molar-refractivity contribution in [1.29, 1.82) is 0 Å². The normalized spacial score (nSPS) is 14.5. The monoisotopic (exact) mass is 572 g/mol. The lowest BCUT2D eigenvalue weighted by molar-refractivity contribution is -0.119. The Morgan fingerprint density at radius 3 is 2.50 bits per heavy atom. The number of carbonyl (C=O) groups is 2. The number of hydrogen-bond acceptors (Lipinski definition) is 7. The van der Waals surface area contributed by atoms with E-state index in [1.54, 1.807) is 16.8 Å². The Morgan fingerprint density at radius 1 is 1.08 bits per heavy atom. The molecule has 1 fully saturated rings. The minimum atomic E-state index is -3.55. The Labute approximate surface area is 229 Å². The first-order chi connectivity index (χ1) is 18.2. The number of nitrogens with one attached hydrogen (secondary N) is 1. The zero-order chi connectivity index (χ0) is 26.9. The van der Waals surface area contributed by atoms with Crippen molar-refractivity contribution in [3.63, 3.8) is 0 Å². The van der Waals surface area contributed by atoms with Gasteiger partial charge in [0.15, 0.2) is 6.61 Å². The molecule has 1 aliphatic rings. The molecule has 0 radical (unpaired) electrons. The van der Waals surface area contributed by atoms with Gasteiger partial charge in [-0.25, -0.2) is 17.9 Å². The van der Waals surface area contributed by atoms with E-state index in [9.17, 15) is 18.0 Å². The molecule has 12 heteroatoms. The molecule has 1 aliphatic heterocycles. The number of piperidine rings is 1. The largest absolute Gasteiger partial charge is 0.451 e. The van der Waals surface area contributed by atoms with E-state index < -0.39 is 28.5 Å². The highest BCUT2D eigenvalue weighted by atomic mass is 35.5. The number of ether oxygens (including phenoxy) is 1. The summed E-state index contributed by atoms with van der Waals surface area (Å²) >= 11 is 7.53. The van der Waals surface area contributed by atoms with Gasteiger partial charge in [0.25, 0.3) is 5.91 Å². The summed E-state index contributed by atoms with van der Waals surface area (Å²) in [6.07, 6.45) is 2.74. The smallest absolute Gasteiger partial charge is 0.348 e. The number of para-hydroxylation sites is 1. The molecule has 2 aromatic carbocycles. The van der Waals surface area contributed by atoms with Crippen LogP contribution >= 0.6 is 22.9 Å². The molecular weight excluding hydrogens is 548 g/mol. The quantitative estimate of drug-likeness (QED) is 0.311. The topological polar surface area (TPSA) is 111 Å². The molecule has 9 nitrogen and oxygen atoms in total. The predicted molar refractivity (Wildman–Crippen MR) is 147 cm³/mol.